The zero-order chi connectivity index (χ0) is 15.1. The van der Waals surface area contributed by atoms with Crippen LogP contribution in [0.15, 0.2) is 36.9 Å². The van der Waals surface area contributed by atoms with Gasteiger partial charge in [0.1, 0.15) is 0 Å². The Hall–Kier alpha value is -2.43. The van der Waals surface area contributed by atoms with E-state index in [1.54, 1.807) is 30.9 Å². The van der Waals surface area contributed by atoms with Gasteiger partial charge in [0.05, 0.1) is 17.4 Å². The van der Waals surface area contributed by atoms with E-state index in [0.29, 0.717) is 12.1 Å². The van der Waals surface area contributed by atoms with E-state index in [2.05, 4.69) is 27.5 Å². The monoisotopic (exact) mass is 284 g/mol. The van der Waals surface area contributed by atoms with Crippen LogP contribution in [0.4, 0.5) is 5.69 Å². The lowest BCUT2D eigenvalue weighted by molar-refractivity contribution is 0.0951. The zero-order valence-electron chi connectivity index (χ0n) is 12.4. The summed E-state index contributed by atoms with van der Waals surface area (Å²) in [5.41, 5.74) is 3.51. The number of nitrogens with one attached hydrogen (secondary N) is 2. The van der Waals surface area contributed by atoms with Crippen molar-refractivity contribution in [2.24, 2.45) is 0 Å². The molecule has 0 aromatic carbocycles. The number of aromatic nitrogens is 2. The van der Waals surface area contributed by atoms with Crippen LogP contribution < -0.4 is 10.6 Å². The van der Waals surface area contributed by atoms with E-state index in [1.165, 1.54) is 0 Å². The third-order valence-electron chi connectivity index (χ3n) is 3.22. The smallest absolute Gasteiger partial charge is 0.253 e. The van der Waals surface area contributed by atoms with Crippen molar-refractivity contribution in [2.75, 3.05) is 11.9 Å². The van der Waals surface area contributed by atoms with Gasteiger partial charge >= 0.3 is 0 Å². The van der Waals surface area contributed by atoms with Crippen LogP contribution in [0.5, 0.6) is 0 Å². The van der Waals surface area contributed by atoms with Crippen molar-refractivity contribution in [1.82, 2.24) is 15.3 Å². The lowest BCUT2D eigenvalue weighted by Gasteiger charge is -2.11. The molecule has 0 saturated heterocycles. The molecule has 0 unspecified atom stereocenters. The highest BCUT2D eigenvalue weighted by Crippen LogP contribution is 2.13. The number of anilines is 1. The van der Waals surface area contributed by atoms with Crippen molar-refractivity contribution in [3.8, 4) is 0 Å². The highest BCUT2D eigenvalue weighted by Gasteiger charge is 2.11. The van der Waals surface area contributed by atoms with Crippen LogP contribution in [-0.2, 0) is 6.54 Å². The van der Waals surface area contributed by atoms with Gasteiger partial charge in [0, 0.05) is 31.7 Å². The highest BCUT2D eigenvalue weighted by molar-refractivity contribution is 5.99. The van der Waals surface area contributed by atoms with E-state index in [0.717, 1.165) is 29.8 Å². The van der Waals surface area contributed by atoms with Crippen LogP contribution in [0.2, 0.25) is 0 Å². The predicted octanol–water partition coefficient (Wildman–Crippen LogP) is 2.54. The summed E-state index contributed by atoms with van der Waals surface area (Å²) in [5, 5.41) is 6.14. The second-order valence-electron chi connectivity index (χ2n) is 4.83. The van der Waals surface area contributed by atoms with Crippen LogP contribution in [-0.4, -0.2) is 22.4 Å². The van der Waals surface area contributed by atoms with Crippen LogP contribution in [0.3, 0.4) is 0 Å². The van der Waals surface area contributed by atoms with Crippen LogP contribution in [0, 0.1) is 6.92 Å². The van der Waals surface area contributed by atoms with E-state index in [1.807, 2.05) is 13.0 Å². The summed E-state index contributed by atoms with van der Waals surface area (Å²) in [5.74, 6) is -0.112. The molecule has 0 fully saturated rings. The number of aryl methyl sites for hydroxylation is 1. The van der Waals surface area contributed by atoms with Gasteiger partial charge in [-0.15, -0.1) is 0 Å². The van der Waals surface area contributed by atoms with E-state index in [4.69, 9.17) is 0 Å². The molecule has 2 heterocycles. The van der Waals surface area contributed by atoms with Gasteiger partial charge in [-0.05, 0) is 36.6 Å². The second-order valence-corrected chi connectivity index (χ2v) is 4.83. The summed E-state index contributed by atoms with van der Waals surface area (Å²) >= 11 is 0. The summed E-state index contributed by atoms with van der Waals surface area (Å²) in [6.45, 7) is 5.36. The Balaban J connectivity index is 2.05. The molecule has 2 aromatic rings. The second kappa shape index (κ2) is 7.38. The summed E-state index contributed by atoms with van der Waals surface area (Å²) in [7, 11) is 0. The van der Waals surface area contributed by atoms with Crippen molar-refractivity contribution in [1.29, 1.82) is 0 Å². The molecule has 5 heteroatoms. The fourth-order valence-electron chi connectivity index (χ4n) is 1.95. The topological polar surface area (TPSA) is 66.9 Å². The molecule has 0 bridgehead atoms. The number of carbonyl (C=O) groups is 1. The third kappa shape index (κ3) is 4.02. The molecule has 0 saturated carbocycles. The van der Waals surface area contributed by atoms with Gasteiger partial charge in [-0.2, -0.15) is 0 Å². The highest BCUT2D eigenvalue weighted by atomic mass is 16.1. The number of pyridine rings is 2. The fourth-order valence-corrected chi connectivity index (χ4v) is 1.95. The molecule has 0 atom stereocenters. The molecule has 5 nitrogen and oxygen atoms in total. The van der Waals surface area contributed by atoms with Crippen molar-refractivity contribution in [3.05, 3.63) is 53.6 Å². The summed E-state index contributed by atoms with van der Waals surface area (Å²) < 4.78 is 0. The molecule has 0 aliphatic heterocycles. The number of hydrogen-bond acceptors (Lipinski definition) is 4. The van der Waals surface area contributed by atoms with Crippen molar-refractivity contribution < 1.29 is 4.79 Å². The molecule has 0 spiro atoms. The van der Waals surface area contributed by atoms with Crippen molar-refractivity contribution in [3.63, 3.8) is 0 Å². The van der Waals surface area contributed by atoms with Crippen LogP contribution in [0.25, 0.3) is 0 Å². The fraction of sp³-hybridized carbons (Fsp3) is 0.312. The molecular weight excluding hydrogens is 264 g/mol. The van der Waals surface area contributed by atoms with Crippen LogP contribution >= 0.6 is 0 Å². The average Bonchev–Trinajstić information content (AvgIpc) is 2.52. The molecule has 0 aliphatic carbocycles. The Morgan fingerprint density at radius 1 is 1.19 bits per heavy atom. The van der Waals surface area contributed by atoms with Gasteiger partial charge in [0.2, 0.25) is 0 Å². The zero-order valence-corrected chi connectivity index (χ0v) is 12.4. The first kappa shape index (κ1) is 15.0. The molecule has 21 heavy (non-hydrogen) atoms. The number of nitrogens with zero attached hydrogens (tertiary/aromatic N) is 2. The lowest BCUT2D eigenvalue weighted by Crippen LogP contribution is -2.24. The average molecular weight is 284 g/mol. The predicted molar refractivity (Wildman–Crippen MR) is 83.2 cm³/mol. The standard InChI is InChI=1S/C16H20N4O/c1-3-6-19-15-11-18-8-5-14(15)16(21)20-10-13-9-17-7-4-12(13)2/h4-5,7-9,11,19H,3,6,10H2,1-2H3,(H,20,21). The number of rotatable bonds is 6. The third-order valence-corrected chi connectivity index (χ3v) is 3.22. The molecule has 0 radical (unpaired) electrons. The van der Waals surface area contributed by atoms with Gasteiger partial charge < -0.3 is 10.6 Å². The molecule has 2 N–H and O–H groups in total. The minimum atomic E-state index is -0.112. The molecule has 1 amide bonds. The Bertz CT molecular complexity index is 613. The minimum absolute atomic E-state index is 0.112. The molecule has 2 aromatic heterocycles. The maximum Gasteiger partial charge on any atom is 0.253 e. The Morgan fingerprint density at radius 3 is 2.71 bits per heavy atom. The molecule has 110 valence electrons. The minimum Gasteiger partial charge on any atom is -0.383 e. The largest absolute Gasteiger partial charge is 0.383 e. The SMILES string of the molecule is CCCNc1cnccc1C(=O)NCc1cnccc1C. The van der Waals surface area contributed by atoms with Gasteiger partial charge in [-0.3, -0.25) is 14.8 Å². The maximum absolute atomic E-state index is 12.3. The molecule has 2 rings (SSSR count). The van der Waals surface area contributed by atoms with Gasteiger partial charge in [-0.1, -0.05) is 6.92 Å². The first-order chi connectivity index (χ1) is 10.2. The Kier molecular flexibility index (Phi) is 5.26. The Labute approximate surface area is 124 Å². The quantitative estimate of drug-likeness (QED) is 0.855. The van der Waals surface area contributed by atoms with E-state index in [9.17, 15) is 4.79 Å². The number of amides is 1. The van der Waals surface area contributed by atoms with Gasteiger partial charge in [0.25, 0.3) is 5.91 Å². The van der Waals surface area contributed by atoms with Crippen molar-refractivity contribution >= 4 is 11.6 Å². The van der Waals surface area contributed by atoms with Gasteiger partial charge in [0.15, 0.2) is 0 Å². The summed E-state index contributed by atoms with van der Waals surface area (Å²) in [4.78, 5) is 20.5. The van der Waals surface area contributed by atoms with E-state index in [-0.39, 0.29) is 5.91 Å². The molecular formula is C16H20N4O. The first-order valence-electron chi connectivity index (χ1n) is 7.08. The summed E-state index contributed by atoms with van der Waals surface area (Å²) in [6.07, 6.45) is 7.82. The summed E-state index contributed by atoms with van der Waals surface area (Å²) in [6, 6.07) is 3.66. The van der Waals surface area contributed by atoms with Gasteiger partial charge in [-0.25, -0.2) is 0 Å². The van der Waals surface area contributed by atoms with Crippen molar-refractivity contribution in [2.45, 2.75) is 26.8 Å². The molecule has 0 aliphatic rings. The maximum atomic E-state index is 12.3. The normalized spacial score (nSPS) is 10.2. The van der Waals surface area contributed by atoms with E-state index < -0.39 is 0 Å². The lowest BCUT2D eigenvalue weighted by atomic mass is 10.1. The Morgan fingerprint density at radius 2 is 1.95 bits per heavy atom. The van der Waals surface area contributed by atoms with E-state index >= 15 is 0 Å². The number of hydrogen-bond donors (Lipinski definition) is 2. The first-order valence-corrected chi connectivity index (χ1v) is 7.08. The number of carbonyl (C=O) groups excluding carboxylic acids is 1. The van der Waals surface area contributed by atoms with Crippen LogP contribution in [0.1, 0.15) is 34.8 Å².